The predicted octanol–water partition coefficient (Wildman–Crippen LogP) is 1.58. The highest BCUT2D eigenvalue weighted by Crippen LogP contribution is 2.17. The van der Waals surface area contributed by atoms with E-state index in [1.807, 2.05) is 45.0 Å². The number of likely N-dealkylation sites (N-methyl/N-ethyl adjacent to an activating group) is 1. The fourth-order valence-corrected chi connectivity index (χ4v) is 2.13. The van der Waals surface area contributed by atoms with Gasteiger partial charge >= 0.3 is 0 Å². The van der Waals surface area contributed by atoms with Gasteiger partial charge in [-0.05, 0) is 38.5 Å². The standard InChI is InChI=1S/C16H26N2O3/c1-5-18(6-2)16(20)12(3)17-11-15(19)13-7-9-14(21-4)10-8-13/h7-10,12,15,17,19H,5-6,11H2,1-4H3. The van der Waals surface area contributed by atoms with Gasteiger partial charge in [-0.25, -0.2) is 0 Å². The molecule has 1 aromatic rings. The highest BCUT2D eigenvalue weighted by Gasteiger charge is 2.18. The van der Waals surface area contributed by atoms with E-state index in [9.17, 15) is 9.90 Å². The first-order chi connectivity index (χ1) is 10.0. The maximum Gasteiger partial charge on any atom is 0.239 e. The van der Waals surface area contributed by atoms with E-state index >= 15 is 0 Å². The number of carbonyl (C=O) groups is 1. The zero-order valence-corrected chi connectivity index (χ0v) is 13.3. The van der Waals surface area contributed by atoms with Crippen LogP contribution in [0.5, 0.6) is 5.75 Å². The number of amides is 1. The average Bonchev–Trinajstić information content (AvgIpc) is 2.53. The number of aliphatic hydroxyl groups is 1. The SMILES string of the molecule is CCN(CC)C(=O)C(C)NCC(O)c1ccc(OC)cc1. The highest BCUT2D eigenvalue weighted by molar-refractivity contribution is 5.81. The minimum Gasteiger partial charge on any atom is -0.497 e. The summed E-state index contributed by atoms with van der Waals surface area (Å²) in [5, 5.41) is 13.2. The Morgan fingerprint density at radius 1 is 1.29 bits per heavy atom. The van der Waals surface area contributed by atoms with Crippen molar-refractivity contribution in [3.63, 3.8) is 0 Å². The molecule has 0 aliphatic carbocycles. The van der Waals surface area contributed by atoms with Gasteiger partial charge in [0.1, 0.15) is 5.75 Å². The first kappa shape index (κ1) is 17.5. The molecule has 0 aliphatic rings. The molecule has 2 unspecified atom stereocenters. The van der Waals surface area contributed by atoms with Crippen molar-refractivity contribution in [2.75, 3.05) is 26.7 Å². The summed E-state index contributed by atoms with van der Waals surface area (Å²) in [5.41, 5.74) is 0.797. The van der Waals surface area contributed by atoms with Gasteiger partial charge in [-0.1, -0.05) is 12.1 Å². The van der Waals surface area contributed by atoms with Crippen LogP contribution in [-0.4, -0.2) is 48.7 Å². The number of rotatable bonds is 8. The molecule has 21 heavy (non-hydrogen) atoms. The minimum atomic E-state index is -0.650. The van der Waals surface area contributed by atoms with Crippen molar-refractivity contribution < 1.29 is 14.6 Å². The molecule has 1 rings (SSSR count). The molecule has 0 bridgehead atoms. The normalized spacial score (nSPS) is 13.6. The fraction of sp³-hybridized carbons (Fsp3) is 0.562. The molecular formula is C16H26N2O3. The second-order valence-corrected chi connectivity index (χ2v) is 4.93. The molecule has 5 nitrogen and oxygen atoms in total. The number of nitrogens with zero attached hydrogens (tertiary/aromatic N) is 1. The Kier molecular flexibility index (Phi) is 7.19. The van der Waals surface area contributed by atoms with Gasteiger partial charge in [-0.2, -0.15) is 0 Å². The smallest absolute Gasteiger partial charge is 0.239 e. The molecule has 5 heteroatoms. The molecule has 0 saturated carbocycles. The number of hydrogen-bond acceptors (Lipinski definition) is 4. The lowest BCUT2D eigenvalue weighted by molar-refractivity contribution is -0.132. The van der Waals surface area contributed by atoms with Crippen molar-refractivity contribution in [3.05, 3.63) is 29.8 Å². The van der Waals surface area contributed by atoms with E-state index < -0.39 is 6.10 Å². The minimum absolute atomic E-state index is 0.0573. The van der Waals surface area contributed by atoms with Gasteiger partial charge in [-0.15, -0.1) is 0 Å². The molecule has 0 aromatic heterocycles. The van der Waals surface area contributed by atoms with Gasteiger partial charge in [-0.3, -0.25) is 4.79 Å². The number of nitrogens with one attached hydrogen (secondary N) is 1. The zero-order valence-electron chi connectivity index (χ0n) is 13.3. The third-order valence-corrected chi connectivity index (χ3v) is 3.56. The summed E-state index contributed by atoms with van der Waals surface area (Å²) in [6.45, 7) is 7.47. The van der Waals surface area contributed by atoms with Gasteiger partial charge in [0.05, 0.1) is 19.3 Å². The topological polar surface area (TPSA) is 61.8 Å². The maximum atomic E-state index is 12.1. The van der Waals surface area contributed by atoms with Crippen molar-refractivity contribution in [2.45, 2.75) is 32.9 Å². The monoisotopic (exact) mass is 294 g/mol. The van der Waals surface area contributed by atoms with E-state index in [1.165, 1.54) is 0 Å². The van der Waals surface area contributed by atoms with Crippen molar-refractivity contribution in [2.24, 2.45) is 0 Å². The second kappa shape index (κ2) is 8.64. The summed E-state index contributed by atoms with van der Waals surface area (Å²) >= 11 is 0. The predicted molar refractivity (Wildman–Crippen MR) is 83.3 cm³/mol. The molecule has 118 valence electrons. The highest BCUT2D eigenvalue weighted by atomic mass is 16.5. The fourth-order valence-electron chi connectivity index (χ4n) is 2.13. The largest absolute Gasteiger partial charge is 0.497 e. The van der Waals surface area contributed by atoms with E-state index in [0.717, 1.165) is 11.3 Å². The maximum absolute atomic E-state index is 12.1. The van der Waals surface area contributed by atoms with E-state index in [1.54, 1.807) is 12.0 Å². The van der Waals surface area contributed by atoms with Crippen LogP contribution in [0.25, 0.3) is 0 Å². The van der Waals surface area contributed by atoms with Gasteiger partial charge in [0.2, 0.25) is 5.91 Å². The quantitative estimate of drug-likeness (QED) is 0.764. The Morgan fingerprint density at radius 3 is 2.33 bits per heavy atom. The number of methoxy groups -OCH3 is 1. The van der Waals surface area contributed by atoms with Gasteiger partial charge < -0.3 is 20.1 Å². The van der Waals surface area contributed by atoms with Gasteiger partial charge in [0.15, 0.2) is 0 Å². The molecule has 0 saturated heterocycles. The molecule has 2 atom stereocenters. The third-order valence-electron chi connectivity index (χ3n) is 3.56. The number of carbonyl (C=O) groups excluding carboxylic acids is 1. The number of benzene rings is 1. The zero-order chi connectivity index (χ0) is 15.8. The average molecular weight is 294 g/mol. The van der Waals surface area contributed by atoms with Crippen LogP contribution < -0.4 is 10.1 Å². The molecule has 0 heterocycles. The van der Waals surface area contributed by atoms with Crippen molar-refractivity contribution in [1.29, 1.82) is 0 Å². The Bertz CT molecular complexity index is 430. The molecule has 0 radical (unpaired) electrons. The van der Waals surface area contributed by atoms with Crippen LogP contribution in [0.3, 0.4) is 0 Å². The Labute approximate surface area is 126 Å². The Morgan fingerprint density at radius 2 is 1.86 bits per heavy atom. The van der Waals surface area contributed by atoms with Crippen LogP contribution in [0, 0.1) is 0 Å². The lowest BCUT2D eigenvalue weighted by atomic mass is 10.1. The van der Waals surface area contributed by atoms with Crippen LogP contribution in [0.2, 0.25) is 0 Å². The summed E-state index contributed by atoms with van der Waals surface area (Å²) in [6.07, 6.45) is -0.650. The van der Waals surface area contributed by atoms with E-state index in [4.69, 9.17) is 4.74 Å². The Balaban J connectivity index is 2.51. The summed E-state index contributed by atoms with van der Waals surface area (Å²) < 4.78 is 5.08. The van der Waals surface area contributed by atoms with Gasteiger partial charge in [0, 0.05) is 19.6 Å². The third kappa shape index (κ3) is 5.02. The van der Waals surface area contributed by atoms with Crippen LogP contribution in [0.4, 0.5) is 0 Å². The number of hydrogen-bond donors (Lipinski definition) is 2. The first-order valence-corrected chi connectivity index (χ1v) is 7.37. The molecule has 2 N–H and O–H groups in total. The molecule has 1 aromatic carbocycles. The first-order valence-electron chi connectivity index (χ1n) is 7.37. The van der Waals surface area contributed by atoms with E-state index in [0.29, 0.717) is 19.6 Å². The van der Waals surface area contributed by atoms with Crippen LogP contribution >= 0.6 is 0 Å². The van der Waals surface area contributed by atoms with Crippen molar-refractivity contribution >= 4 is 5.91 Å². The van der Waals surface area contributed by atoms with Crippen molar-refractivity contribution in [1.82, 2.24) is 10.2 Å². The van der Waals surface area contributed by atoms with Crippen molar-refractivity contribution in [3.8, 4) is 5.75 Å². The van der Waals surface area contributed by atoms with Crippen LogP contribution in [0.1, 0.15) is 32.4 Å². The molecular weight excluding hydrogens is 268 g/mol. The summed E-state index contributed by atoms with van der Waals surface area (Å²) in [4.78, 5) is 13.9. The summed E-state index contributed by atoms with van der Waals surface area (Å²) in [5.74, 6) is 0.811. The van der Waals surface area contributed by atoms with E-state index in [2.05, 4.69) is 5.32 Å². The Hall–Kier alpha value is -1.59. The molecule has 0 fully saturated rings. The lowest BCUT2D eigenvalue weighted by Crippen LogP contribution is -2.45. The second-order valence-electron chi connectivity index (χ2n) is 4.93. The number of ether oxygens (including phenoxy) is 1. The molecule has 0 spiro atoms. The lowest BCUT2D eigenvalue weighted by Gasteiger charge is -2.24. The summed E-state index contributed by atoms with van der Waals surface area (Å²) in [6, 6.07) is 6.95. The van der Waals surface area contributed by atoms with E-state index in [-0.39, 0.29) is 11.9 Å². The number of aliphatic hydroxyl groups excluding tert-OH is 1. The molecule has 0 aliphatic heterocycles. The summed E-state index contributed by atoms with van der Waals surface area (Å²) in [7, 11) is 1.60. The van der Waals surface area contributed by atoms with Gasteiger partial charge in [0.25, 0.3) is 0 Å². The van der Waals surface area contributed by atoms with Crippen LogP contribution in [0.15, 0.2) is 24.3 Å². The van der Waals surface area contributed by atoms with Crippen LogP contribution in [-0.2, 0) is 4.79 Å². The molecule has 1 amide bonds.